The number of nitrogens with zero attached hydrogens (tertiary/aromatic N) is 1. The number of hydrogen-bond acceptors (Lipinski definition) is 4. The third kappa shape index (κ3) is 3.84. The molecule has 0 aromatic heterocycles. The minimum atomic E-state index is -0.513. The highest BCUT2D eigenvalue weighted by Crippen LogP contribution is 2.28. The Bertz CT molecular complexity index is 326. The molecule has 0 saturated carbocycles. The molecule has 1 aromatic carbocycles. The van der Waals surface area contributed by atoms with Crippen molar-refractivity contribution in [3.63, 3.8) is 0 Å². The summed E-state index contributed by atoms with van der Waals surface area (Å²) in [5.41, 5.74) is 5.66. The van der Waals surface area contributed by atoms with Gasteiger partial charge in [-0.2, -0.15) is 0 Å². The van der Waals surface area contributed by atoms with Gasteiger partial charge in [-0.25, -0.2) is 0 Å². The van der Waals surface area contributed by atoms with E-state index in [0.717, 1.165) is 0 Å². The van der Waals surface area contributed by atoms with E-state index in [1.807, 2.05) is 13.8 Å². The number of ether oxygens (including phenoxy) is 1. The fourth-order valence-corrected chi connectivity index (χ4v) is 0.955. The van der Waals surface area contributed by atoms with Crippen LogP contribution in [0.3, 0.4) is 0 Å². The average Bonchev–Trinajstić information content (AvgIpc) is 2.24. The molecule has 0 saturated heterocycles. The predicted molar refractivity (Wildman–Crippen MR) is 60.0 cm³/mol. The molecule has 0 spiro atoms. The molecule has 0 atom stereocenters. The van der Waals surface area contributed by atoms with Gasteiger partial charge in [-0.15, -0.1) is 0 Å². The van der Waals surface area contributed by atoms with Crippen LogP contribution in [0.1, 0.15) is 20.8 Å². The van der Waals surface area contributed by atoms with E-state index in [2.05, 4.69) is 0 Å². The molecule has 0 aliphatic heterocycles. The van der Waals surface area contributed by atoms with Crippen molar-refractivity contribution in [3.8, 4) is 5.75 Å². The van der Waals surface area contributed by atoms with Crippen LogP contribution in [0.2, 0.25) is 0 Å². The number of rotatable bonds is 3. The van der Waals surface area contributed by atoms with Gasteiger partial charge >= 0.3 is 5.69 Å². The number of nitrogen functional groups attached to an aromatic ring is 1. The Morgan fingerprint density at radius 1 is 1.47 bits per heavy atom. The maximum absolute atomic E-state index is 10.5. The van der Waals surface area contributed by atoms with Gasteiger partial charge in [0.15, 0.2) is 5.75 Å². The third-order valence-electron chi connectivity index (χ3n) is 1.48. The van der Waals surface area contributed by atoms with Gasteiger partial charge < -0.3 is 10.5 Å². The lowest BCUT2D eigenvalue weighted by atomic mass is 10.2. The first-order chi connectivity index (χ1) is 7.15. The van der Waals surface area contributed by atoms with Crippen LogP contribution in [0.15, 0.2) is 18.2 Å². The number of nitro groups is 1. The molecule has 1 aromatic rings. The van der Waals surface area contributed by atoms with Gasteiger partial charge in [0.05, 0.1) is 11.5 Å². The van der Waals surface area contributed by atoms with E-state index in [1.165, 1.54) is 12.1 Å². The summed E-state index contributed by atoms with van der Waals surface area (Å²) in [6.45, 7) is 6.16. The van der Waals surface area contributed by atoms with Gasteiger partial charge in [0.1, 0.15) is 0 Å². The minimum absolute atomic E-state index is 0.0955. The van der Waals surface area contributed by atoms with Crippen LogP contribution >= 0.6 is 0 Å². The number of anilines is 1. The molecule has 0 amide bonds. The molecule has 0 unspecified atom stereocenters. The normalized spacial score (nSPS) is 8.73. The van der Waals surface area contributed by atoms with Gasteiger partial charge in [-0.1, -0.05) is 13.8 Å². The summed E-state index contributed by atoms with van der Waals surface area (Å²) < 4.78 is 5.06. The maximum Gasteiger partial charge on any atom is 0.312 e. The van der Waals surface area contributed by atoms with E-state index in [0.29, 0.717) is 12.3 Å². The van der Waals surface area contributed by atoms with Crippen molar-refractivity contribution in [2.45, 2.75) is 20.8 Å². The summed E-state index contributed by atoms with van der Waals surface area (Å²) in [5, 5.41) is 10.5. The van der Waals surface area contributed by atoms with Crippen molar-refractivity contribution >= 4 is 11.4 Å². The molecule has 2 N–H and O–H groups in total. The Labute approximate surface area is 89.0 Å². The predicted octanol–water partition coefficient (Wildman–Crippen LogP) is 2.60. The first-order valence-electron chi connectivity index (χ1n) is 4.82. The van der Waals surface area contributed by atoms with Crippen LogP contribution in [0.5, 0.6) is 5.75 Å². The molecule has 0 aliphatic carbocycles. The van der Waals surface area contributed by atoms with Crippen molar-refractivity contribution in [2.24, 2.45) is 0 Å². The van der Waals surface area contributed by atoms with E-state index in [1.54, 1.807) is 13.0 Å². The summed E-state index contributed by atoms with van der Waals surface area (Å²) in [5.74, 6) is 0.252. The first-order valence-corrected chi connectivity index (χ1v) is 4.82. The second kappa shape index (κ2) is 6.64. The molecule has 1 rings (SSSR count). The number of nitrogens with two attached hydrogens (primary N) is 1. The van der Waals surface area contributed by atoms with E-state index in [9.17, 15) is 10.1 Å². The summed E-state index contributed by atoms with van der Waals surface area (Å²) >= 11 is 0. The van der Waals surface area contributed by atoms with Crippen LogP contribution in [0, 0.1) is 10.1 Å². The zero-order valence-electron chi connectivity index (χ0n) is 9.19. The molecule has 0 bridgehead atoms. The highest BCUT2D eigenvalue weighted by atomic mass is 16.6. The average molecular weight is 212 g/mol. The Kier molecular flexibility index (Phi) is 5.85. The van der Waals surface area contributed by atoms with Crippen molar-refractivity contribution < 1.29 is 9.66 Å². The quantitative estimate of drug-likeness (QED) is 0.474. The lowest BCUT2D eigenvalue weighted by Gasteiger charge is -2.03. The summed E-state index contributed by atoms with van der Waals surface area (Å²) in [4.78, 5) is 10.0. The van der Waals surface area contributed by atoms with E-state index in [-0.39, 0.29) is 11.4 Å². The second-order valence-corrected chi connectivity index (χ2v) is 2.42. The molecule has 84 valence electrons. The molecule has 0 aliphatic rings. The number of benzene rings is 1. The Morgan fingerprint density at radius 2 is 2.07 bits per heavy atom. The lowest BCUT2D eigenvalue weighted by molar-refractivity contribution is -0.385. The Balaban J connectivity index is 0.000000921. The molecule has 5 heteroatoms. The van der Waals surface area contributed by atoms with Crippen molar-refractivity contribution in [1.29, 1.82) is 0 Å². The number of nitro benzene ring substituents is 1. The monoisotopic (exact) mass is 212 g/mol. The molecule has 5 nitrogen and oxygen atoms in total. The van der Waals surface area contributed by atoms with Gasteiger partial charge in [0.25, 0.3) is 0 Å². The molecular formula is C10H16N2O3. The maximum atomic E-state index is 10.5. The SMILES string of the molecule is CC.CCOc1ccc(N)cc1[N+](=O)[O-]. The van der Waals surface area contributed by atoms with E-state index < -0.39 is 4.92 Å². The van der Waals surface area contributed by atoms with Gasteiger partial charge in [0, 0.05) is 11.8 Å². The Hall–Kier alpha value is -1.78. The Morgan fingerprint density at radius 3 is 2.53 bits per heavy atom. The summed E-state index contributed by atoms with van der Waals surface area (Å²) in [7, 11) is 0. The van der Waals surface area contributed by atoms with Crippen LogP contribution in [-0.4, -0.2) is 11.5 Å². The van der Waals surface area contributed by atoms with Crippen molar-refractivity contribution in [1.82, 2.24) is 0 Å². The van der Waals surface area contributed by atoms with E-state index >= 15 is 0 Å². The van der Waals surface area contributed by atoms with Crippen molar-refractivity contribution in [3.05, 3.63) is 28.3 Å². The highest BCUT2D eigenvalue weighted by Gasteiger charge is 2.14. The van der Waals surface area contributed by atoms with Gasteiger partial charge in [-0.3, -0.25) is 10.1 Å². The highest BCUT2D eigenvalue weighted by molar-refractivity contribution is 5.56. The standard InChI is InChI=1S/C8H10N2O3.C2H6/c1-2-13-8-4-3-6(9)5-7(8)10(11)12;1-2/h3-5H,2,9H2,1H3;1-2H3. The first kappa shape index (κ1) is 13.2. The molecule has 0 radical (unpaired) electrons. The largest absolute Gasteiger partial charge is 0.487 e. The summed E-state index contributed by atoms with van der Waals surface area (Å²) in [6, 6.07) is 4.35. The lowest BCUT2D eigenvalue weighted by Crippen LogP contribution is -1.98. The fraction of sp³-hybridized carbons (Fsp3) is 0.400. The zero-order valence-corrected chi connectivity index (χ0v) is 9.19. The molecular weight excluding hydrogens is 196 g/mol. The van der Waals surface area contributed by atoms with Crippen LogP contribution in [0.4, 0.5) is 11.4 Å². The molecule has 0 heterocycles. The topological polar surface area (TPSA) is 78.4 Å². The molecule has 15 heavy (non-hydrogen) atoms. The second-order valence-electron chi connectivity index (χ2n) is 2.42. The van der Waals surface area contributed by atoms with Crippen LogP contribution < -0.4 is 10.5 Å². The molecule has 0 fully saturated rings. The van der Waals surface area contributed by atoms with Crippen LogP contribution in [-0.2, 0) is 0 Å². The van der Waals surface area contributed by atoms with Crippen LogP contribution in [0.25, 0.3) is 0 Å². The van der Waals surface area contributed by atoms with Gasteiger partial charge in [0.2, 0.25) is 0 Å². The van der Waals surface area contributed by atoms with Crippen molar-refractivity contribution in [2.75, 3.05) is 12.3 Å². The summed E-state index contributed by atoms with van der Waals surface area (Å²) in [6.07, 6.45) is 0. The zero-order chi connectivity index (χ0) is 11.8. The van der Waals surface area contributed by atoms with Gasteiger partial charge in [-0.05, 0) is 19.1 Å². The minimum Gasteiger partial charge on any atom is -0.487 e. The smallest absolute Gasteiger partial charge is 0.312 e. The van der Waals surface area contributed by atoms with E-state index in [4.69, 9.17) is 10.5 Å². The third-order valence-corrected chi connectivity index (χ3v) is 1.48. The fourth-order valence-electron chi connectivity index (χ4n) is 0.955. The number of hydrogen-bond donors (Lipinski definition) is 1.